The Labute approximate surface area is 127 Å². The largest absolute Gasteiger partial charge is 0.391 e. The third-order valence-electron chi connectivity index (χ3n) is 3.42. The Morgan fingerprint density at radius 3 is 2.40 bits per heavy atom. The molecule has 0 N–H and O–H groups in total. The van der Waals surface area contributed by atoms with Crippen LogP contribution in [-0.4, -0.2) is 16.0 Å². The fourth-order valence-electron chi connectivity index (χ4n) is 2.40. The van der Waals surface area contributed by atoms with Gasteiger partial charge >= 0.3 is 6.18 Å². The molecule has 1 saturated carbocycles. The molecule has 0 aromatic carbocycles. The monoisotopic (exact) mass is 348 g/mol. The van der Waals surface area contributed by atoms with E-state index in [-0.39, 0.29) is 28.0 Å². The maximum absolute atomic E-state index is 12.8. The van der Waals surface area contributed by atoms with Crippen molar-refractivity contribution in [3.63, 3.8) is 0 Å². The number of nitrogens with zero attached hydrogens (tertiary/aromatic N) is 2. The van der Waals surface area contributed by atoms with E-state index in [0.29, 0.717) is 12.8 Å². The van der Waals surface area contributed by atoms with E-state index in [2.05, 4.69) is 5.10 Å². The Balaban J connectivity index is 2.35. The molecule has 1 heterocycles. The standard InChI is InChI=1S/C11H10Cl3F3N2O/c12-7-8(13)10(20)19(18-9(7)14)6-3-1-2-5(4-6)11(15,16)17/h5-6H,1-4H2. The van der Waals surface area contributed by atoms with Crippen LogP contribution in [0.1, 0.15) is 31.7 Å². The zero-order valence-corrected chi connectivity index (χ0v) is 12.3. The van der Waals surface area contributed by atoms with Crippen molar-refractivity contribution in [3.8, 4) is 0 Å². The van der Waals surface area contributed by atoms with Crippen molar-refractivity contribution >= 4 is 34.8 Å². The van der Waals surface area contributed by atoms with Gasteiger partial charge in [0.1, 0.15) is 10.0 Å². The highest BCUT2D eigenvalue weighted by atomic mass is 35.5. The molecule has 0 bridgehead atoms. The molecule has 0 radical (unpaired) electrons. The SMILES string of the molecule is O=c1c(Cl)c(Cl)c(Cl)nn1C1CCCC(C(F)(F)F)C1. The lowest BCUT2D eigenvalue weighted by Crippen LogP contribution is -2.35. The zero-order chi connectivity index (χ0) is 15.1. The van der Waals surface area contributed by atoms with Crippen LogP contribution in [0.4, 0.5) is 13.2 Å². The molecular formula is C11H10Cl3F3N2O. The number of hydrogen-bond acceptors (Lipinski definition) is 2. The molecular weight excluding hydrogens is 339 g/mol. The van der Waals surface area contributed by atoms with E-state index >= 15 is 0 Å². The summed E-state index contributed by atoms with van der Waals surface area (Å²) in [4.78, 5) is 11.9. The fourth-order valence-corrected chi connectivity index (χ4v) is 2.92. The van der Waals surface area contributed by atoms with Gasteiger partial charge in [0.2, 0.25) is 0 Å². The van der Waals surface area contributed by atoms with Gasteiger partial charge < -0.3 is 0 Å². The number of aromatic nitrogens is 2. The first-order valence-corrected chi connectivity index (χ1v) is 7.05. The smallest absolute Gasteiger partial charge is 0.266 e. The Bertz CT molecular complexity index is 573. The van der Waals surface area contributed by atoms with Gasteiger partial charge in [-0.3, -0.25) is 4.79 Å². The summed E-state index contributed by atoms with van der Waals surface area (Å²) < 4.78 is 39.2. The first-order chi connectivity index (χ1) is 9.21. The van der Waals surface area contributed by atoms with Crippen molar-refractivity contribution in [3.05, 3.63) is 25.6 Å². The molecule has 0 aliphatic heterocycles. The predicted molar refractivity (Wildman–Crippen MR) is 70.6 cm³/mol. The minimum Gasteiger partial charge on any atom is -0.266 e. The normalized spacial score (nSPS) is 23.9. The van der Waals surface area contributed by atoms with Gasteiger partial charge in [-0.1, -0.05) is 41.2 Å². The highest BCUT2D eigenvalue weighted by Gasteiger charge is 2.43. The number of halogens is 6. The van der Waals surface area contributed by atoms with Gasteiger partial charge in [-0.2, -0.15) is 18.3 Å². The molecule has 1 aromatic heterocycles. The van der Waals surface area contributed by atoms with Crippen LogP contribution in [-0.2, 0) is 0 Å². The molecule has 2 rings (SSSR count). The Kier molecular flexibility index (Phi) is 4.56. The van der Waals surface area contributed by atoms with E-state index in [1.54, 1.807) is 0 Å². The van der Waals surface area contributed by atoms with Crippen LogP contribution in [0.5, 0.6) is 0 Å². The molecule has 0 amide bonds. The minimum atomic E-state index is -4.28. The number of alkyl halides is 3. The van der Waals surface area contributed by atoms with Crippen LogP contribution >= 0.6 is 34.8 Å². The maximum atomic E-state index is 12.8. The molecule has 1 aliphatic carbocycles. The van der Waals surface area contributed by atoms with Crippen molar-refractivity contribution < 1.29 is 13.2 Å². The minimum absolute atomic E-state index is 0.0593. The summed E-state index contributed by atoms with van der Waals surface area (Å²) in [5, 5.41) is 3.07. The van der Waals surface area contributed by atoms with E-state index in [0.717, 1.165) is 4.68 Å². The van der Waals surface area contributed by atoms with Crippen LogP contribution in [0.15, 0.2) is 4.79 Å². The Morgan fingerprint density at radius 1 is 1.15 bits per heavy atom. The summed E-state index contributed by atoms with van der Waals surface area (Å²) in [5.74, 6) is -1.44. The second kappa shape index (κ2) is 5.73. The van der Waals surface area contributed by atoms with Gasteiger partial charge in [-0.15, -0.1) is 0 Å². The molecule has 112 valence electrons. The lowest BCUT2D eigenvalue weighted by Gasteiger charge is -2.31. The topological polar surface area (TPSA) is 34.9 Å². The first kappa shape index (κ1) is 15.9. The highest BCUT2D eigenvalue weighted by molar-refractivity contribution is 6.47. The zero-order valence-electron chi connectivity index (χ0n) is 10.1. The quantitative estimate of drug-likeness (QED) is 0.748. The van der Waals surface area contributed by atoms with Crippen LogP contribution < -0.4 is 5.56 Å². The lowest BCUT2D eigenvalue weighted by molar-refractivity contribution is -0.185. The van der Waals surface area contributed by atoms with E-state index in [4.69, 9.17) is 34.8 Å². The van der Waals surface area contributed by atoms with Crippen molar-refractivity contribution in [2.24, 2.45) is 5.92 Å². The summed E-state index contributed by atoms with van der Waals surface area (Å²) >= 11 is 17.1. The molecule has 20 heavy (non-hydrogen) atoms. The van der Waals surface area contributed by atoms with Crippen molar-refractivity contribution in [1.29, 1.82) is 0 Å². The van der Waals surface area contributed by atoms with E-state index in [9.17, 15) is 18.0 Å². The third-order valence-corrected chi connectivity index (χ3v) is 4.60. The average molecular weight is 350 g/mol. The Hall–Kier alpha value is -0.460. The second-order valence-electron chi connectivity index (χ2n) is 4.73. The van der Waals surface area contributed by atoms with Gasteiger partial charge in [0.25, 0.3) is 5.56 Å². The summed E-state index contributed by atoms with van der Waals surface area (Å²) in [6.07, 6.45) is -3.63. The van der Waals surface area contributed by atoms with E-state index in [1.165, 1.54) is 0 Å². The summed E-state index contributed by atoms with van der Waals surface area (Å²) in [6, 6.07) is -0.671. The average Bonchev–Trinajstić information content (AvgIpc) is 2.40. The molecule has 9 heteroatoms. The van der Waals surface area contributed by atoms with Crippen molar-refractivity contribution in [2.75, 3.05) is 0 Å². The number of rotatable bonds is 1. The van der Waals surface area contributed by atoms with Gasteiger partial charge in [-0.25, -0.2) is 4.68 Å². The number of hydrogen-bond donors (Lipinski definition) is 0. The third kappa shape index (κ3) is 3.07. The van der Waals surface area contributed by atoms with Gasteiger partial charge in [0.05, 0.1) is 12.0 Å². The summed E-state index contributed by atoms with van der Waals surface area (Å²) in [6.45, 7) is 0. The fraction of sp³-hybridized carbons (Fsp3) is 0.636. The molecule has 0 saturated heterocycles. The van der Waals surface area contributed by atoms with Crippen LogP contribution in [0.3, 0.4) is 0 Å². The van der Waals surface area contributed by atoms with Crippen molar-refractivity contribution in [2.45, 2.75) is 37.9 Å². The molecule has 1 fully saturated rings. The molecule has 1 aromatic rings. The van der Waals surface area contributed by atoms with Gasteiger partial charge in [0, 0.05) is 0 Å². The predicted octanol–water partition coefficient (Wildman–Crippen LogP) is 4.50. The lowest BCUT2D eigenvalue weighted by atomic mass is 9.85. The highest BCUT2D eigenvalue weighted by Crippen LogP contribution is 2.41. The summed E-state index contributed by atoms with van der Waals surface area (Å²) in [7, 11) is 0. The van der Waals surface area contributed by atoms with Gasteiger partial charge in [0.15, 0.2) is 5.15 Å². The van der Waals surface area contributed by atoms with Crippen LogP contribution in [0, 0.1) is 5.92 Å². The van der Waals surface area contributed by atoms with Gasteiger partial charge in [-0.05, 0) is 19.3 Å². The molecule has 1 aliphatic rings. The second-order valence-corrected chi connectivity index (χ2v) is 5.84. The maximum Gasteiger partial charge on any atom is 0.391 e. The molecule has 2 unspecified atom stereocenters. The Morgan fingerprint density at radius 2 is 1.80 bits per heavy atom. The molecule has 0 spiro atoms. The first-order valence-electron chi connectivity index (χ1n) is 5.92. The van der Waals surface area contributed by atoms with E-state index in [1.807, 2.05) is 0 Å². The van der Waals surface area contributed by atoms with E-state index < -0.39 is 23.7 Å². The molecule has 2 atom stereocenters. The molecule has 3 nitrogen and oxygen atoms in total. The van der Waals surface area contributed by atoms with Crippen LogP contribution in [0.2, 0.25) is 15.2 Å². The van der Waals surface area contributed by atoms with Crippen molar-refractivity contribution in [1.82, 2.24) is 9.78 Å². The van der Waals surface area contributed by atoms with Crippen LogP contribution in [0.25, 0.3) is 0 Å². The summed E-state index contributed by atoms with van der Waals surface area (Å²) in [5.41, 5.74) is -0.714.